The Balaban J connectivity index is 1.64. The number of amides is 1. The van der Waals surface area contributed by atoms with Crippen LogP contribution in [0.1, 0.15) is 20.9 Å². The largest absolute Gasteiger partial charge is 0.352 e. The number of aryl methyl sites for hydroxylation is 1. The first-order valence-corrected chi connectivity index (χ1v) is 8.57. The molecule has 0 bridgehead atoms. The molecule has 1 amide bonds. The van der Waals surface area contributed by atoms with Gasteiger partial charge >= 0.3 is 0 Å². The standard InChI is InChI=1S/C18H14F3N3OS/c1-10-14(26-18(24-10)11-3-2-7-22-9-11)6-8-23-17(25)12-4-5-13(19)16(21)15(12)20/h2-5,7,9H,6,8H2,1H3,(H,23,25). The van der Waals surface area contributed by atoms with E-state index in [9.17, 15) is 18.0 Å². The zero-order chi connectivity index (χ0) is 18.7. The molecule has 4 nitrogen and oxygen atoms in total. The minimum Gasteiger partial charge on any atom is -0.352 e. The van der Waals surface area contributed by atoms with E-state index in [2.05, 4.69) is 15.3 Å². The SMILES string of the molecule is Cc1nc(-c2cccnc2)sc1CCNC(=O)c1ccc(F)c(F)c1F. The van der Waals surface area contributed by atoms with Gasteiger partial charge in [0.25, 0.3) is 5.91 Å². The third kappa shape index (κ3) is 3.75. The van der Waals surface area contributed by atoms with E-state index in [0.717, 1.165) is 33.3 Å². The first-order chi connectivity index (χ1) is 12.5. The van der Waals surface area contributed by atoms with E-state index in [1.54, 1.807) is 12.4 Å². The molecule has 1 aromatic carbocycles. The van der Waals surface area contributed by atoms with Crippen LogP contribution in [-0.4, -0.2) is 22.4 Å². The summed E-state index contributed by atoms with van der Waals surface area (Å²) in [4.78, 5) is 21.5. The topological polar surface area (TPSA) is 54.9 Å². The van der Waals surface area contributed by atoms with Crippen LogP contribution in [0, 0.1) is 24.4 Å². The zero-order valence-electron chi connectivity index (χ0n) is 13.7. The monoisotopic (exact) mass is 377 g/mol. The molecule has 2 aromatic heterocycles. The zero-order valence-corrected chi connectivity index (χ0v) is 14.5. The Morgan fingerprint density at radius 1 is 1.19 bits per heavy atom. The van der Waals surface area contributed by atoms with Crippen LogP contribution in [0.25, 0.3) is 10.6 Å². The van der Waals surface area contributed by atoms with Crippen LogP contribution in [0.2, 0.25) is 0 Å². The summed E-state index contributed by atoms with van der Waals surface area (Å²) in [6, 6.07) is 5.37. The molecule has 3 rings (SSSR count). The molecule has 3 aromatic rings. The van der Waals surface area contributed by atoms with Crippen LogP contribution in [0.4, 0.5) is 13.2 Å². The second-order valence-corrected chi connectivity index (χ2v) is 6.58. The maximum absolute atomic E-state index is 13.6. The first-order valence-electron chi connectivity index (χ1n) is 7.75. The number of benzene rings is 1. The van der Waals surface area contributed by atoms with E-state index < -0.39 is 28.9 Å². The molecule has 8 heteroatoms. The average molecular weight is 377 g/mol. The fraction of sp³-hybridized carbons (Fsp3) is 0.167. The van der Waals surface area contributed by atoms with Gasteiger partial charge in [0.2, 0.25) is 0 Å². The van der Waals surface area contributed by atoms with Gasteiger partial charge in [-0.15, -0.1) is 11.3 Å². The lowest BCUT2D eigenvalue weighted by molar-refractivity contribution is 0.0949. The molecule has 0 aliphatic heterocycles. The molecule has 0 atom stereocenters. The number of carbonyl (C=O) groups is 1. The summed E-state index contributed by atoms with van der Waals surface area (Å²) in [5, 5.41) is 3.33. The van der Waals surface area contributed by atoms with Gasteiger partial charge in [0, 0.05) is 35.8 Å². The van der Waals surface area contributed by atoms with Crippen molar-refractivity contribution in [1.82, 2.24) is 15.3 Å². The van der Waals surface area contributed by atoms with Crippen molar-refractivity contribution in [2.45, 2.75) is 13.3 Å². The second kappa shape index (κ2) is 7.65. The highest BCUT2D eigenvalue weighted by Crippen LogP contribution is 2.27. The van der Waals surface area contributed by atoms with Gasteiger partial charge in [-0.3, -0.25) is 9.78 Å². The molecule has 0 spiro atoms. The molecule has 134 valence electrons. The van der Waals surface area contributed by atoms with E-state index in [1.807, 2.05) is 19.1 Å². The molecule has 1 N–H and O–H groups in total. The number of halogens is 3. The Hall–Kier alpha value is -2.74. The Morgan fingerprint density at radius 3 is 2.73 bits per heavy atom. The van der Waals surface area contributed by atoms with Crippen LogP contribution < -0.4 is 5.32 Å². The molecule has 0 fully saturated rings. The number of hydrogen-bond acceptors (Lipinski definition) is 4. The van der Waals surface area contributed by atoms with Crippen LogP contribution in [0.3, 0.4) is 0 Å². The molecule has 0 saturated heterocycles. The lowest BCUT2D eigenvalue weighted by Gasteiger charge is -2.06. The van der Waals surface area contributed by atoms with Gasteiger partial charge in [-0.25, -0.2) is 18.2 Å². The Labute approximate surface area is 151 Å². The summed E-state index contributed by atoms with van der Waals surface area (Å²) in [5.74, 6) is -5.27. The third-order valence-corrected chi connectivity index (χ3v) is 4.98. The molecule has 0 aliphatic carbocycles. The molecule has 0 aliphatic rings. The van der Waals surface area contributed by atoms with Gasteiger partial charge in [-0.2, -0.15) is 0 Å². The molecule has 0 unspecified atom stereocenters. The van der Waals surface area contributed by atoms with Crippen molar-refractivity contribution in [2.75, 3.05) is 6.54 Å². The van der Waals surface area contributed by atoms with Gasteiger partial charge < -0.3 is 5.32 Å². The number of nitrogens with one attached hydrogen (secondary N) is 1. The molecular weight excluding hydrogens is 363 g/mol. The van der Waals surface area contributed by atoms with E-state index in [1.165, 1.54) is 11.3 Å². The normalized spacial score (nSPS) is 10.8. The van der Waals surface area contributed by atoms with Crippen LogP contribution >= 0.6 is 11.3 Å². The molecular formula is C18H14F3N3OS. The van der Waals surface area contributed by atoms with E-state index in [-0.39, 0.29) is 6.54 Å². The van der Waals surface area contributed by atoms with Gasteiger partial charge in [-0.1, -0.05) is 0 Å². The summed E-state index contributed by atoms with van der Waals surface area (Å²) >= 11 is 1.48. The number of thiazole rings is 1. The average Bonchev–Trinajstić information content (AvgIpc) is 3.01. The molecule has 2 heterocycles. The number of carbonyl (C=O) groups excluding carboxylic acids is 1. The lowest BCUT2D eigenvalue weighted by atomic mass is 10.2. The van der Waals surface area contributed by atoms with Crippen LogP contribution in [-0.2, 0) is 6.42 Å². The van der Waals surface area contributed by atoms with Crippen LogP contribution in [0.15, 0.2) is 36.7 Å². The van der Waals surface area contributed by atoms with Crippen molar-refractivity contribution in [1.29, 1.82) is 0 Å². The highest BCUT2D eigenvalue weighted by Gasteiger charge is 2.18. The third-order valence-electron chi connectivity index (χ3n) is 3.72. The van der Waals surface area contributed by atoms with E-state index >= 15 is 0 Å². The first kappa shape index (κ1) is 18.1. The van der Waals surface area contributed by atoms with Crippen molar-refractivity contribution in [2.24, 2.45) is 0 Å². The second-order valence-electron chi connectivity index (χ2n) is 5.50. The molecule has 0 radical (unpaired) electrons. The van der Waals surface area contributed by atoms with Crippen LogP contribution in [0.5, 0.6) is 0 Å². The van der Waals surface area contributed by atoms with Crippen molar-refractivity contribution in [3.05, 3.63) is 70.2 Å². The Kier molecular flexibility index (Phi) is 5.32. The minimum absolute atomic E-state index is 0.215. The number of pyridine rings is 1. The quantitative estimate of drug-likeness (QED) is 0.686. The van der Waals surface area contributed by atoms with Crippen molar-refractivity contribution < 1.29 is 18.0 Å². The lowest BCUT2D eigenvalue weighted by Crippen LogP contribution is -2.27. The number of aromatic nitrogens is 2. The predicted octanol–water partition coefficient (Wildman–Crippen LogP) is 3.90. The summed E-state index contributed by atoms with van der Waals surface area (Å²) in [5.41, 5.74) is 1.21. The van der Waals surface area contributed by atoms with Crippen molar-refractivity contribution >= 4 is 17.2 Å². The maximum atomic E-state index is 13.6. The van der Waals surface area contributed by atoms with Gasteiger partial charge in [-0.05, 0) is 31.2 Å². The minimum atomic E-state index is -1.66. The van der Waals surface area contributed by atoms with E-state index in [4.69, 9.17) is 0 Å². The summed E-state index contributed by atoms with van der Waals surface area (Å²) < 4.78 is 39.8. The summed E-state index contributed by atoms with van der Waals surface area (Å²) in [6.07, 6.45) is 3.88. The highest BCUT2D eigenvalue weighted by molar-refractivity contribution is 7.15. The number of hydrogen-bond donors (Lipinski definition) is 1. The molecule has 26 heavy (non-hydrogen) atoms. The van der Waals surface area contributed by atoms with E-state index in [0.29, 0.717) is 6.42 Å². The Morgan fingerprint density at radius 2 is 2.00 bits per heavy atom. The smallest absolute Gasteiger partial charge is 0.254 e. The maximum Gasteiger partial charge on any atom is 0.254 e. The van der Waals surface area contributed by atoms with Gasteiger partial charge in [0.1, 0.15) is 5.01 Å². The molecule has 0 saturated carbocycles. The fourth-order valence-corrected chi connectivity index (χ4v) is 3.41. The summed E-state index contributed by atoms with van der Waals surface area (Å²) in [6.45, 7) is 2.08. The number of nitrogens with zero attached hydrogens (tertiary/aromatic N) is 2. The van der Waals surface area contributed by atoms with Gasteiger partial charge in [0.15, 0.2) is 17.5 Å². The predicted molar refractivity (Wildman–Crippen MR) is 92.4 cm³/mol. The Bertz CT molecular complexity index is 944. The van der Waals surface area contributed by atoms with Crippen molar-refractivity contribution in [3.63, 3.8) is 0 Å². The van der Waals surface area contributed by atoms with Gasteiger partial charge in [0.05, 0.1) is 11.3 Å². The number of rotatable bonds is 5. The fourth-order valence-electron chi connectivity index (χ4n) is 2.36. The van der Waals surface area contributed by atoms with Crippen molar-refractivity contribution in [3.8, 4) is 10.6 Å². The summed E-state index contributed by atoms with van der Waals surface area (Å²) in [7, 11) is 0. The highest BCUT2D eigenvalue weighted by atomic mass is 32.1.